The predicted octanol–water partition coefficient (Wildman–Crippen LogP) is 1.38. The molecule has 24 heavy (non-hydrogen) atoms. The Morgan fingerprint density at radius 1 is 1.25 bits per heavy atom. The van der Waals surface area contributed by atoms with E-state index in [1.165, 1.54) is 30.6 Å². The fraction of sp³-hybridized carbons (Fsp3) is 0.647. The highest BCUT2D eigenvalue weighted by molar-refractivity contribution is 7.15. The van der Waals surface area contributed by atoms with Gasteiger partial charge in [0, 0.05) is 26.7 Å². The third-order valence-corrected chi connectivity index (χ3v) is 5.33. The highest BCUT2D eigenvalue weighted by Gasteiger charge is 2.18. The van der Waals surface area contributed by atoms with Gasteiger partial charge in [-0.3, -0.25) is 9.59 Å². The van der Waals surface area contributed by atoms with Crippen molar-refractivity contribution in [2.24, 2.45) is 5.73 Å². The van der Waals surface area contributed by atoms with Gasteiger partial charge in [-0.05, 0) is 51.0 Å². The lowest BCUT2D eigenvalue weighted by Crippen LogP contribution is -2.38. The van der Waals surface area contributed by atoms with Crippen molar-refractivity contribution >= 4 is 23.2 Å². The molecular weight excluding hydrogens is 324 g/mol. The van der Waals surface area contributed by atoms with Crippen molar-refractivity contribution in [1.82, 2.24) is 15.1 Å². The highest BCUT2D eigenvalue weighted by atomic mass is 32.1. The zero-order valence-electron chi connectivity index (χ0n) is 14.4. The van der Waals surface area contributed by atoms with Gasteiger partial charge >= 0.3 is 0 Å². The third-order valence-electron chi connectivity index (χ3n) is 4.25. The van der Waals surface area contributed by atoms with Crippen molar-refractivity contribution in [2.75, 3.05) is 46.3 Å². The van der Waals surface area contributed by atoms with E-state index in [9.17, 15) is 9.59 Å². The smallest absolute Gasteiger partial charge is 0.263 e. The first-order valence-electron chi connectivity index (χ1n) is 8.67. The van der Waals surface area contributed by atoms with E-state index >= 15 is 0 Å². The monoisotopic (exact) mass is 352 g/mol. The van der Waals surface area contributed by atoms with E-state index < -0.39 is 0 Å². The quantitative estimate of drug-likeness (QED) is 0.693. The van der Waals surface area contributed by atoms with Crippen LogP contribution >= 0.6 is 11.3 Å². The average Bonchev–Trinajstić information content (AvgIpc) is 3.10. The molecule has 1 aliphatic heterocycles. The van der Waals surface area contributed by atoms with Crippen LogP contribution in [0.3, 0.4) is 0 Å². The molecule has 0 atom stereocenters. The number of hydrogen-bond acceptors (Lipinski definition) is 5. The minimum Gasteiger partial charge on any atom is -0.351 e. The zero-order valence-corrected chi connectivity index (χ0v) is 15.2. The predicted molar refractivity (Wildman–Crippen MR) is 97.6 cm³/mol. The molecule has 1 aliphatic rings. The number of hydrogen-bond donors (Lipinski definition) is 2. The van der Waals surface area contributed by atoms with Gasteiger partial charge < -0.3 is 20.9 Å². The summed E-state index contributed by atoms with van der Waals surface area (Å²) in [6, 6.07) is 3.45. The van der Waals surface area contributed by atoms with Crippen LogP contribution in [-0.2, 0) is 0 Å². The van der Waals surface area contributed by atoms with Crippen molar-refractivity contribution in [3.05, 3.63) is 21.9 Å². The van der Waals surface area contributed by atoms with Crippen LogP contribution in [0, 0.1) is 0 Å². The summed E-state index contributed by atoms with van der Waals surface area (Å²) in [5.74, 6) is -0.151. The third kappa shape index (κ3) is 5.58. The summed E-state index contributed by atoms with van der Waals surface area (Å²) >= 11 is 1.25. The molecule has 0 saturated carbocycles. The van der Waals surface area contributed by atoms with Gasteiger partial charge in [0.2, 0.25) is 0 Å². The molecule has 0 unspecified atom stereocenters. The first kappa shape index (κ1) is 18.9. The Morgan fingerprint density at radius 2 is 1.96 bits per heavy atom. The maximum Gasteiger partial charge on any atom is 0.263 e. The number of carbonyl (C=O) groups is 2. The summed E-state index contributed by atoms with van der Waals surface area (Å²) in [5.41, 5.74) is 5.41. The van der Waals surface area contributed by atoms with E-state index in [1.54, 1.807) is 17.0 Å². The number of likely N-dealkylation sites (N-methyl/N-ethyl adjacent to an activating group) is 1. The van der Waals surface area contributed by atoms with Gasteiger partial charge in [0.05, 0.1) is 9.75 Å². The van der Waals surface area contributed by atoms with Gasteiger partial charge in [-0.2, -0.15) is 0 Å². The lowest BCUT2D eigenvalue weighted by Gasteiger charge is -2.28. The number of piperidine rings is 1. The van der Waals surface area contributed by atoms with Crippen LogP contribution in [0.15, 0.2) is 12.1 Å². The van der Waals surface area contributed by atoms with Crippen LogP contribution in [0.1, 0.15) is 45.0 Å². The summed E-state index contributed by atoms with van der Waals surface area (Å²) in [7, 11) is 1.83. The first-order valence-corrected chi connectivity index (χ1v) is 9.49. The van der Waals surface area contributed by atoms with E-state index in [0.29, 0.717) is 22.8 Å². The Labute approximate surface area is 148 Å². The SMILES string of the molecule is CN(CCN1CCCCC1)C(=O)c1ccc(C(=O)NCCCN)s1. The van der Waals surface area contributed by atoms with Gasteiger partial charge in [-0.25, -0.2) is 0 Å². The molecule has 2 amide bonds. The Balaban J connectivity index is 1.81. The molecule has 0 bridgehead atoms. The average molecular weight is 353 g/mol. The molecule has 1 aromatic rings. The Hall–Kier alpha value is -1.44. The topological polar surface area (TPSA) is 78.7 Å². The van der Waals surface area contributed by atoms with Crippen LogP contribution in [0.2, 0.25) is 0 Å². The Morgan fingerprint density at radius 3 is 2.67 bits per heavy atom. The van der Waals surface area contributed by atoms with E-state index in [4.69, 9.17) is 5.73 Å². The van der Waals surface area contributed by atoms with Gasteiger partial charge in [0.15, 0.2) is 0 Å². The van der Waals surface area contributed by atoms with Crippen LogP contribution < -0.4 is 11.1 Å². The molecule has 1 saturated heterocycles. The summed E-state index contributed by atoms with van der Waals surface area (Å²) < 4.78 is 0. The van der Waals surface area contributed by atoms with Crippen molar-refractivity contribution in [3.63, 3.8) is 0 Å². The van der Waals surface area contributed by atoms with Crippen LogP contribution in [-0.4, -0.2) is 67.9 Å². The molecule has 6 nitrogen and oxygen atoms in total. The number of rotatable bonds is 8. The lowest BCUT2D eigenvalue weighted by molar-refractivity contribution is 0.0777. The normalized spacial score (nSPS) is 15.2. The Bertz CT molecular complexity index is 540. The summed E-state index contributed by atoms with van der Waals surface area (Å²) in [5, 5.41) is 2.81. The van der Waals surface area contributed by atoms with Gasteiger partial charge in [0.25, 0.3) is 11.8 Å². The largest absolute Gasteiger partial charge is 0.351 e. The highest BCUT2D eigenvalue weighted by Crippen LogP contribution is 2.18. The molecule has 1 fully saturated rings. The summed E-state index contributed by atoms with van der Waals surface area (Å²) in [6.07, 6.45) is 4.58. The molecule has 1 aromatic heterocycles. The second-order valence-electron chi connectivity index (χ2n) is 6.19. The minimum atomic E-state index is -0.136. The van der Waals surface area contributed by atoms with Crippen LogP contribution in [0.5, 0.6) is 0 Å². The number of thiophene rings is 1. The zero-order chi connectivity index (χ0) is 17.4. The van der Waals surface area contributed by atoms with E-state index in [2.05, 4.69) is 10.2 Å². The molecule has 0 spiro atoms. The molecule has 0 aliphatic carbocycles. The molecule has 0 aromatic carbocycles. The number of amides is 2. The molecule has 134 valence electrons. The van der Waals surface area contributed by atoms with Gasteiger partial charge in [-0.15, -0.1) is 11.3 Å². The minimum absolute atomic E-state index is 0.0157. The van der Waals surface area contributed by atoms with Crippen molar-refractivity contribution in [2.45, 2.75) is 25.7 Å². The standard InChI is InChI=1S/C17H28N4O2S/c1-20(12-13-21-10-3-2-4-11-21)17(23)15-7-6-14(24-15)16(22)19-9-5-8-18/h6-7H,2-5,8-13,18H2,1H3,(H,19,22). The first-order chi connectivity index (χ1) is 11.6. The second-order valence-corrected chi connectivity index (χ2v) is 7.27. The molecule has 0 radical (unpaired) electrons. The van der Waals surface area contributed by atoms with Crippen LogP contribution in [0.4, 0.5) is 0 Å². The number of nitrogens with two attached hydrogens (primary N) is 1. The van der Waals surface area contributed by atoms with Crippen LogP contribution in [0.25, 0.3) is 0 Å². The number of nitrogens with zero attached hydrogens (tertiary/aromatic N) is 2. The van der Waals surface area contributed by atoms with E-state index in [-0.39, 0.29) is 11.8 Å². The lowest BCUT2D eigenvalue weighted by atomic mass is 10.1. The van der Waals surface area contributed by atoms with Crippen molar-refractivity contribution < 1.29 is 9.59 Å². The molecule has 7 heteroatoms. The fourth-order valence-corrected chi connectivity index (χ4v) is 3.65. The number of nitrogens with one attached hydrogen (secondary N) is 1. The molecule has 3 N–H and O–H groups in total. The Kier molecular flexibility index (Phi) is 7.68. The summed E-state index contributed by atoms with van der Waals surface area (Å²) in [4.78, 5) is 29.8. The maximum absolute atomic E-state index is 12.5. The van der Waals surface area contributed by atoms with E-state index in [0.717, 1.165) is 32.6 Å². The second kappa shape index (κ2) is 9.76. The van der Waals surface area contributed by atoms with Crippen molar-refractivity contribution in [1.29, 1.82) is 0 Å². The fourth-order valence-electron chi connectivity index (χ4n) is 2.73. The molecule has 2 rings (SSSR count). The molecule has 2 heterocycles. The van der Waals surface area contributed by atoms with Gasteiger partial charge in [0.1, 0.15) is 0 Å². The number of carbonyl (C=O) groups excluding carboxylic acids is 2. The maximum atomic E-state index is 12.5. The van der Waals surface area contributed by atoms with Crippen molar-refractivity contribution in [3.8, 4) is 0 Å². The number of likely N-dealkylation sites (tertiary alicyclic amines) is 1. The van der Waals surface area contributed by atoms with Gasteiger partial charge in [-0.1, -0.05) is 6.42 Å². The summed E-state index contributed by atoms with van der Waals surface area (Å²) in [6.45, 7) is 5.01. The van der Waals surface area contributed by atoms with E-state index in [1.807, 2.05) is 7.05 Å². The molecular formula is C17H28N4O2S.